The predicted octanol–water partition coefficient (Wildman–Crippen LogP) is 2.72. The molecule has 0 aliphatic heterocycles. The summed E-state index contributed by atoms with van der Waals surface area (Å²) in [7, 11) is 2.57. The summed E-state index contributed by atoms with van der Waals surface area (Å²) in [4.78, 5) is 12.3. The van der Waals surface area contributed by atoms with E-state index >= 15 is 0 Å². The van der Waals surface area contributed by atoms with E-state index in [1.807, 2.05) is 0 Å². The monoisotopic (exact) mass is 243 g/mol. The molecular weight excluding hydrogens is 231 g/mol. The van der Waals surface area contributed by atoms with Gasteiger partial charge < -0.3 is 4.90 Å². The number of amides is 1. The molecule has 0 bridgehead atoms. The van der Waals surface area contributed by atoms with E-state index in [1.54, 1.807) is 18.2 Å². The van der Waals surface area contributed by atoms with Gasteiger partial charge in [-0.15, -0.1) is 0 Å². The summed E-state index contributed by atoms with van der Waals surface area (Å²) in [6.07, 6.45) is -3.81. The highest BCUT2D eigenvalue weighted by atomic mass is 19.4. The Bertz CT molecular complexity index is 421. The first-order valence-electron chi connectivity index (χ1n) is 4.88. The number of nitrogens with zero attached hydrogens (tertiary/aromatic N) is 1. The molecule has 0 fully saturated rings. The molecule has 0 aromatic heterocycles. The molecule has 0 aliphatic carbocycles. The average Bonchev–Trinajstić information content (AvgIpc) is 2.24. The van der Waals surface area contributed by atoms with E-state index in [2.05, 4.69) is 0 Å². The molecule has 0 atom stereocenters. The summed E-state index contributed by atoms with van der Waals surface area (Å²) in [6.45, 7) is 0. The molecule has 0 unspecified atom stereocenters. The maximum absolute atomic E-state index is 12.7. The van der Waals surface area contributed by atoms with Gasteiger partial charge >= 0.3 is 6.18 Å². The standard InChI is InChI=1S/C12H12F3NO/c1-16(2)11(17)10(12(13,14)15)8-9-6-4-3-5-7-9/h3-8H,1-2H3/b10-8-. The van der Waals surface area contributed by atoms with E-state index in [4.69, 9.17) is 0 Å². The van der Waals surface area contributed by atoms with Crippen molar-refractivity contribution in [3.8, 4) is 0 Å². The van der Waals surface area contributed by atoms with Gasteiger partial charge in [0.15, 0.2) is 0 Å². The molecule has 92 valence electrons. The second-order valence-corrected chi connectivity index (χ2v) is 3.67. The summed E-state index contributed by atoms with van der Waals surface area (Å²) in [5.41, 5.74) is -0.830. The fraction of sp³-hybridized carbons (Fsp3) is 0.250. The number of hydrogen-bond acceptors (Lipinski definition) is 1. The van der Waals surface area contributed by atoms with Gasteiger partial charge in [-0.25, -0.2) is 0 Å². The number of rotatable bonds is 2. The Hall–Kier alpha value is -1.78. The third-order valence-corrected chi connectivity index (χ3v) is 2.05. The van der Waals surface area contributed by atoms with Gasteiger partial charge in [-0.2, -0.15) is 13.2 Å². The molecule has 2 nitrogen and oxygen atoms in total. The van der Waals surface area contributed by atoms with E-state index in [0.717, 1.165) is 11.0 Å². The smallest absolute Gasteiger partial charge is 0.345 e. The molecule has 0 radical (unpaired) electrons. The van der Waals surface area contributed by atoms with Crippen LogP contribution in [-0.2, 0) is 4.79 Å². The van der Waals surface area contributed by atoms with Crippen LogP contribution in [0.2, 0.25) is 0 Å². The van der Waals surface area contributed by atoms with Gasteiger partial charge in [-0.1, -0.05) is 30.3 Å². The Morgan fingerprint density at radius 1 is 1.18 bits per heavy atom. The molecular formula is C12H12F3NO. The van der Waals surface area contributed by atoms with Crippen LogP contribution in [0.5, 0.6) is 0 Å². The van der Waals surface area contributed by atoms with E-state index in [0.29, 0.717) is 5.56 Å². The molecule has 0 N–H and O–H groups in total. The first-order valence-corrected chi connectivity index (χ1v) is 4.88. The molecule has 0 saturated carbocycles. The van der Waals surface area contributed by atoms with E-state index < -0.39 is 17.7 Å². The quantitative estimate of drug-likeness (QED) is 0.731. The normalized spacial score (nSPS) is 12.4. The van der Waals surface area contributed by atoms with Gasteiger partial charge in [0.2, 0.25) is 0 Å². The van der Waals surface area contributed by atoms with E-state index in [-0.39, 0.29) is 0 Å². The van der Waals surface area contributed by atoms with Crippen LogP contribution in [0.15, 0.2) is 35.9 Å². The van der Waals surface area contributed by atoms with Gasteiger partial charge in [-0.3, -0.25) is 4.79 Å². The molecule has 1 aromatic carbocycles. The zero-order chi connectivity index (χ0) is 13.1. The minimum Gasteiger partial charge on any atom is -0.345 e. The first kappa shape index (κ1) is 13.3. The highest BCUT2D eigenvalue weighted by Gasteiger charge is 2.39. The van der Waals surface area contributed by atoms with Crippen molar-refractivity contribution < 1.29 is 18.0 Å². The highest BCUT2D eigenvalue weighted by molar-refractivity contribution is 5.98. The lowest BCUT2D eigenvalue weighted by atomic mass is 10.1. The molecule has 0 aliphatic rings. The molecule has 5 heteroatoms. The SMILES string of the molecule is CN(C)C(=O)/C(=C/c1ccccc1)C(F)(F)F. The summed E-state index contributed by atoms with van der Waals surface area (Å²) >= 11 is 0. The van der Waals surface area contributed by atoms with Gasteiger partial charge in [0.1, 0.15) is 5.57 Å². The van der Waals surface area contributed by atoms with Crippen molar-refractivity contribution in [2.75, 3.05) is 14.1 Å². The highest BCUT2D eigenvalue weighted by Crippen LogP contribution is 2.28. The Kier molecular flexibility index (Phi) is 3.93. The molecule has 17 heavy (non-hydrogen) atoms. The van der Waals surface area contributed by atoms with Crippen LogP contribution < -0.4 is 0 Å². The lowest BCUT2D eigenvalue weighted by Gasteiger charge is -2.16. The van der Waals surface area contributed by atoms with E-state index in [1.165, 1.54) is 26.2 Å². The predicted molar refractivity (Wildman–Crippen MR) is 59.2 cm³/mol. The number of likely N-dealkylation sites (N-methyl/N-ethyl adjacent to an activating group) is 1. The summed E-state index contributed by atoms with van der Waals surface area (Å²) in [6, 6.07) is 7.93. The minimum absolute atomic E-state index is 0.343. The first-order chi connectivity index (χ1) is 7.82. The van der Waals surface area contributed by atoms with Crippen molar-refractivity contribution in [3.05, 3.63) is 41.5 Å². The van der Waals surface area contributed by atoms with Crippen LogP contribution in [0.25, 0.3) is 6.08 Å². The fourth-order valence-electron chi connectivity index (χ4n) is 1.22. The lowest BCUT2D eigenvalue weighted by Crippen LogP contribution is -2.30. The third kappa shape index (κ3) is 3.62. The average molecular weight is 243 g/mol. The zero-order valence-corrected chi connectivity index (χ0v) is 9.45. The van der Waals surface area contributed by atoms with Crippen molar-refractivity contribution in [2.45, 2.75) is 6.18 Å². The van der Waals surface area contributed by atoms with Crippen LogP contribution in [0.1, 0.15) is 5.56 Å². The topological polar surface area (TPSA) is 20.3 Å². The number of carbonyl (C=O) groups excluding carboxylic acids is 1. The Balaban J connectivity index is 3.17. The third-order valence-electron chi connectivity index (χ3n) is 2.05. The second kappa shape index (κ2) is 5.03. The summed E-state index contributed by atoms with van der Waals surface area (Å²) < 4.78 is 38.1. The van der Waals surface area contributed by atoms with Crippen molar-refractivity contribution in [2.24, 2.45) is 0 Å². The number of halogens is 3. The lowest BCUT2D eigenvalue weighted by molar-refractivity contribution is -0.136. The zero-order valence-electron chi connectivity index (χ0n) is 9.45. The van der Waals surface area contributed by atoms with Crippen molar-refractivity contribution >= 4 is 12.0 Å². The van der Waals surface area contributed by atoms with Gasteiger partial charge in [0, 0.05) is 14.1 Å². The van der Waals surface area contributed by atoms with Crippen LogP contribution >= 0.6 is 0 Å². The molecule has 1 aromatic rings. The van der Waals surface area contributed by atoms with Crippen LogP contribution in [0, 0.1) is 0 Å². The second-order valence-electron chi connectivity index (χ2n) is 3.67. The maximum atomic E-state index is 12.7. The van der Waals surface area contributed by atoms with Crippen LogP contribution in [-0.4, -0.2) is 31.1 Å². The summed E-state index contributed by atoms with van der Waals surface area (Å²) in [5.74, 6) is -1.05. The van der Waals surface area contributed by atoms with Crippen molar-refractivity contribution in [1.82, 2.24) is 4.90 Å². The Morgan fingerprint density at radius 2 is 1.71 bits per heavy atom. The molecule has 0 saturated heterocycles. The Labute approximate surface area is 97.3 Å². The number of carbonyl (C=O) groups is 1. The number of benzene rings is 1. The summed E-state index contributed by atoms with van der Waals surface area (Å²) in [5, 5.41) is 0. The fourth-order valence-corrected chi connectivity index (χ4v) is 1.22. The van der Waals surface area contributed by atoms with Gasteiger partial charge in [0.25, 0.3) is 5.91 Å². The molecule has 0 heterocycles. The molecule has 1 amide bonds. The maximum Gasteiger partial charge on any atom is 0.421 e. The van der Waals surface area contributed by atoms with Crippen LogP contribution in [0.4, 0.5) is 13.2 Å². The number of alkyl halides is 3. The number of hydrogen-bond donors (Lipinski definition) is 0. The van der Waals surface area contributed by atoms with Crippen LogP contribution in [0.3, 0.4) is 0 Å². The largest absolute Gasteiger partial charge is 0.421 e. The minimum atomic E-state index is -4.66. The van der Waals surface area contributed by atoms with Gasteiger partial charge in [-0.05, 0) is 11.6 Å². The molecule has 1 rings (SSSR count). The Morgan fingerprint density at radius 3 is 2.12 bits per heavy atom. The molecule has 0 spiro atoms. The van der Waals surface area contributed by atoms with Crippen molar-refractivity contribution in [1.29, 1.82) is 0 Å². The van der Waals surface area contributed by atoms with Gasteiger partial charge in [0.05, 0.1) is 0 Å². The van der Waals surface area contributed by atoms with Crippen molar-refractivity contribution in [3.63, 3.8) is 0 Å². The van der Waals surface area contributed by atoms with E-state index in [9.17, 15) is 18.0 Å².